The minimum Gasteiger partial charge on any atom is -0.459 e. The maximum absolute atomic E-state index is 12.6. The molecule has 134 valence electrons. The highest BCUT2D eigenvalue weighted by Gasteiger charge is 2.22. The zero-order chi connectivity index (χ0) is 18.6. The molecule has 3 atom stereocenters. The van der Waals surface area contributed by atoms with Crippen LogP contribution in [0.25, 0.3) is 6.08 Å². The fourth-order valence-corrected chi connectivity index (χ4v) is 2.83. The summed E-state index contributed by atoms with van der Waals surface area (Å²) < 4.78 is 5.48. The Morgan fingerprint density at radius 1 is 1.04 bits per heavy atom. The van der Waals surface area contributed by atoms with Gasteiger partial charge in [-0.05, 0) is 44.4 Å². The van der Waals surface area contributed by atoms with E-state index in [0.717, 1.165) is 11.1 Å². The maximum atomic E-state index is 12.6. The van der Waals surface area contributed by atoms with Gasteiger partial charge in [-0.1, -0.05) is 35.9 Å². The second kappa shape index (κ2) is 8.23. The largest absolute Gasteiger partial charge is 0.459 e. The number of hydrogen-bond acceptors (Lipinski definition) is 5. The molecule has 5 nitrogen and oxygen atoms in total. The molecule has 1 heterocycles. The number of cyclic esters (lactones) is 1. The molecule has 25 heavy (non-hydrogen) atoms. The molecule has 1 aromatic carbocycles. The SMILES string of the molecule is Cc1cc(C)c2c(c1)C=CC[C@H](O)[C@H](O)C(=O)/C=C\C[C@H](C)OC2=O. The molecule has 0 fully saturated rings. The average Bonchev–Trinajstić information content (AvgIpc) is 2.52. The summed E-state index contributed by atoms with van der Waals surface area (Å²) >= 11 is 0. The quantitative estimate of drug-likeness (QED) is 0.707. The van der Waals surface area contributed by atoms with Gasteiger partial charge in [0.05, 0.1) is 11.7 Å². The first kappa shape index (κ1) is 19.1. The lowest BCUT2D eigenvalue weighted by Crippen LogP contribution is -2.32. The van der Waals surface area contributed by atoms with Gasteiger partial charge in [-0.3, -0.25) is 4.79 Å². The van der Waals surface area contributed by atoms with Crippen LogP contribution in [-0.2, 0) is 9.53 Å². The van der Waals surface area contributed by atoms with E-state index in [1.165, 1.54) is 6.08 Å². The fraction of sp³-hybridized carbons (Fsp3) is 0.400. The number of ether oxygens (including phenoxy) is 1. The number of ketones is 1. The number of aryl methyl sites for hydroxylation is 2. The predicted octanol–water partition coefficient (Wildman–Crippen LogP) is 2.50. The number of rotatable bonds is 0. The summed E-state index contributed by atoms with van der Waals surface area (Å²) in [5, 5.41) is 19.8. The van der Waals surface area contributed by atoms with E-state index in [4.69, 9.17) is 4.74 Å². The van der Waals surface area contributed by atoms with Crippen molar-refractivity contribution in [1.29, 1.82) is 0 Å². The highest BCUT2D eigenvalue weighted by atomic mass is 16.5. The van der Waals surface area contributed by atoms with Crippen LogP contribution >= 0.6 is 0 Å². The van der Waals surface area contributed by atoms with Crippen LogP contribution in [-0.4, -0.2) is 40.3 Å². The van der Waals surface area contributed by atoms with E-state index in [2.05, 4.69) is 0 Å². The van der Waals surface area contributed by atoms with Gasteiger partial charge in [-0.15, -0.1) is 0 Å². The maximum Gasteiger partial charge on any atom is 0.339 e. The van der Waals surface area contributed by atoms with Crippen LogP contribution in [0.4, 0.5) is 0 Å². The van der Waals surface area contributed by atoms with E-state index in [1.807, 2.05) is 26.0 Å². The smallest absolute Gasteiger partial charge is 0.339 e. The molecule has 5 heteroatoms. The Balaban J connectivity index is 2.43. The van der Waals surface area contributed by atoms with Gasteiger partial charge in [0, 0.05) is 6.42 Å². The molecule has 0 radical (unpaired) electrons. The monoisotopic (exact) mass is 344 g/mol. The van der Waals surface area contributed by atoms with Crippen LogP contribution in [0, 0.1) is 13.8 Å². The number of carbonyl (C=O) groups excluding carboxylic acids is 2. The van der Waals surface area contributed by atoms with Crippen molar-refractivity contribution in [1.82, 2.24) is 0 Å². The second-order valence-corrected chi connectivity index (χ2v) is 6.45. The third kappa shape index (κ3) is 4.87. The summed E-state index contributed by atoms with van der Waals surface area (Å²) in [6.45, 7) is 5.53. The Hall–Kier alpha value is -2.24. The van der Waals surface area contributed by atoms with Crippen LogP contribution in [0.15, 0.2) is 30.4 Å². The minimum atomic E-state index is -1.47. The van der Waals surface area contributed by atoms with Crippen LogP contribution in [0.5, 0.6) is 0 Å². The third-order valence-electron chi connectivity index (χ3n) is 4.10. The Morgan fingerprint density at radius 2 is 1.72 bits per heavy atom. The normalized spacial score (nSPS) is 26.5. The number of hydrogen-bond donors (Lipinski definition) is 2. The summed E-state index contributed by atoms with van der Waals surface area (Å²) in [6, 6.07) is 3.78. The van der Waals surface area contributed by atoms with E-state index in [-0.39, 0.29) is 6.42 Å². The molecular weight excluding hydrogens is 320 g/mol. The number of aliphatic hydroxyl groups excluding tert-OH is 2. The standard InChI is InChI=1S/C20H24O5/c1-12-10-13(2)18-15(11-12)7-5-9-17(22)19(23)16(21)8-4-6-14(3)25-20(18)24/h4-5,7-8,10-11,14,17,19,22-23H,6,9H2,1-3H3/b7-5?,8-4-/t14-,17-,19+/m0/s1. The van der Waals surface area contributed by atoms with Gasteiger partial charge in [-0.25, -0.2) is 4.79 Å². The molecular formula is C20H24O5. The lowest BCUT2D eigenvalue weighted by Gasteiger charge is -2.17. The van der Waals surface area contributed by atoms with Gasteiger partial charge >= 0.3 is 5.97 Å². The third-order valence-corrected chi connectivity index (χ3v) is 4.10. The van der Waals surface area contributed by atoms with Crippen molar-refractivity contribution in [2.24, 2.45) is 0 Å². The van der Waals surface area contributed by atoms with Crippen molar-refractivity contribution in [3.05, 3.63) is 52.6 Å². The fourth-order valence-electron chi connectivity index (χ4n) is 2.83. The first-order valence-corrected chi connectivity index (χ1v) is 8.35. The summed E-state index contributed by atoms with van der Waals surface area (Å²) in [7, 11) is 0. The van der Waals surface area contributed by atoms with E-state index >= 15 is 0 Å². The van der Waals surface area contributed by atoms with Crippen LogP contribution < -0.4 is 0 Å². The predicted molar refractivity (Wildman–Crippen MR) is 95.2 cm³/mol. The average molecular weight is 344 g/mol. The molecule has 2 N–H and O–H groups in total. The van der Waals surface area contributed by atoms with E-state index < -0.39 is 30.1 Å². The van der Waals surface area contributed by atoms with Crippen molar-refractivity contribution in [3.8, 4) is 0 Å². The number of carbonyl (C=O) groups is 2. The summed E-state index contributed by atoms with van der Waals surface area (Å²) in [5.41, 5.74) is 2.99. The van der Waals surface area contributed by atoms with Crippen molar-refractivity contribution in [3.63, 3.8) is 0 Å². The summed E-state index contributed by atoms with van der Waals surface area (Å²) in [6.07, 6.45) is 3.47. The van der Waals surface area contributed by atoms with Crippen LogP contribution in [0.3, 0.4) is 0 Å². The van der Waals surface area contributed by atoms with Crippen molar-refractivity contribution in [2.45, 2.75) is 51.9 Å². The van der Waals surface area contributed by atoms with Crippen molar-refractivity contribution < 1.29 is 24.5 Å². The van der Waals surface area contributed by atoms with E-state index in [0.29, 0.717) is 17.5 Å². The van der Waals surface area contributed by atoms with Gasteiger partial charge in [0.1, 0.15) is 12.2 Å². The first-order valence-electron chi connectivity index (χ1n) is 8.35. The van der Waals surface area contributed by atoms with Crippen LogP contribution in [0.2, 0.25) is 0 Å². The van der Waals surface area contributed by atoms with Gasteiger partial charge in [0.2, 0.25) is 0 Å². The van der Waals surface area contributed by atoms with E-state index in [1.54, 1.807) is 25.2 Å². The van der Waals surface area contributed by atoms with E-state index in [9.17, 15) is 19.8 Å². The topological polar surface area (TPSA) is 83.8 Å². The first-order chi connectivity index (χ1) is 11.8. The number of esters is 1. The molecule has 0 spiro atoms. The Labute approximate surface area is 147 Å². The van der Waals surface area contributed by atoms with Crippen LogP contribution in [0.1, 0.15) is 46.8 Å². The molecule has 2 rings (SSSR count). The van der Waals surface area contributed by atoms with Gasteiger partial charge in [0.15, 0.2) is 5.78 Å². The number of fused-ring (bicyclic) bond motifs is 1. The highest BCUT2D eigenvalue weighted by Crippen LogP contribution is 2.21. The van der Waals surface area contributed by atoms with Gasteiger partial charge < -0.3 is 14.9 Å². The lowest BCUT2D eigenvalue weighted by molar-refractivity contribution is -0.127. The number of aliphatic hydroxyl groups is 2. The molecule has 1 aromatic rings. The molecule has 0 aliphatic carbocycles. The molecule has 0 aromatic heterocycles. The molecule has 0 saturated heterocycles. The summed E-state index contributed by atoms with van der Waals surface area (Å²) in [5.74, 6) is -0.981. The Morgan fingerprint density at radius 3 is 2.44 bits per heavy atom. The molecule has 1 aliphatic heterocycles. The zero-order valence-electron chi connectivity index (χ0n) is 14.7. The van der Waals surface area contributed by atoms with Crippen molar-refractivity contribution in [2.75, 3.05) is 0 Å². The van der Waals surface area contributed by atoms with Gasteiger partial charge in [-0.2, -0.15) is 0 Å². The van der Waals surface area contributed by atoms with Crippen molar-refractivity contribution >= 4 is 17.8 Å². The van der Waals surface area contributed by atoms with Gasteiger partial charge in [0.25, 0.3) is 0 Å². The summed E-state index contributed by atoms with van der Waals surface area (Å²) in [4.78, 5) is 24.4. The molecule has 0 bridgehead atoms. The zero-order valence-corrected chi connectivity index (χ0v) is 14.7. The molecule has 0 amide bonds. The molecule has 0 saturated carbocycles. The Bertz CT molecular complexity index is 717. The Kier molecular flexibility index (Phi) is 6.28. The number of benzene rings is 1. The second-order valence-electron chi connectivity index (χ2n) is 6.45. The molecule has 0 unspecified atom stereocenters. The lowest BCUT2D eigenvalue weighted by atomic mass is 9.97. The minimum absolute atomic E-state index is 0.0959. The highest BCUT2D eigenvalue weighted by molar-refractivity contribution is 5.96. The molecule has 1 aliphatic rings.